The Kier molecular flexibility index (Phi) is 5.77. The first kappa shape index (κ1) is 14.6. The lowest BCUT2D eigenvalue weighted by molar-refractivity contribution is -0.138. The third-order valence-electron chi connectivity index (χ3n) is 2.95. The number of rotatable bonds is 7. The minimum atomic E-state index is -0.468. The maximum Gasteiger partial charge on any atom is 0.236 e. The molecule has 3 N–H and O–H groups in total. The molecule has 1 rings (SSSR count). The van der Waals surface area contributed by atoms with Crippen molar-refractivity contribution in [2.75, 3.05) is 13.1 Å². The molecule has 0 radical (unpaired) electrons. The van der Waals surface area contributed by atoms with E-state index in [2.05, 4.69) is 5.32 Å². The van der Waals surface area contributed by atoms with Crippen LogP contribution >= 0.6 is 0 Å². The molecule has 1 fully saturated rings. The monoisotopic (exact) mass is 255 g/mol. The van der Waals surface area contributed by atoms with Crippen LogP contribution in [0.25, 0.3) is 0 Å². The van der Waals surface area contributed by atoms with E-state index in [0.29, 0.717) is 38.8 Å². The normalized spacial score (nSPS) is 17.1. The van der Waals surface area contributed by atoms with E-state index in [0.717, 1.165) is 6.42 Å². The molecule has 18 heavy (non-hydrogen) atoms. The van der Waals surface area contributed by atoms with Gasteiger partial charge in [-0.05, 0) is 12.8 Å². The number of nitrogens with two attached hydrogens (primary N) is 1. The molecule has 1 heterocycles. The Hall–Kier alpha value is -1.43. The zero-order chi connectivity index (χ0) is 13.5. The highest BCUT2D eigenvalue weighted by molar-refractivity contribution is 6.01. The summed E-state index contributed by atoms with van der Waals surface area (Å²) in [5.41, 5.74) is 5.65. The number of nitrogens with zero attached hydrogens (tertiary/aromatic N) is 1. The molecule has 1 saturated heterocycles. The molecule has 0 aliphatic carbocycles. The van der Waals surface area contributed by atoms with Gasteiger partial charge in [0, 0.05) is 25.9 Å². The van der Waals surface area contributed by atoms with Crippen LogP contribution in [0.2, 0.25) is 0 Å². The van der Waals surface area contributed by atoms with Gasteiger partial charge in [0.2, 0.25) is 17.7 Å². The van der Waals surface area contributed by atoms with Crippen LogP contribution < -0.4 is 11.1 Å². The van der Waals surface area contributed by atoms with Gasteiger partial charge in [-0.25, -0.2) is 0 Å². The summed E-state index contributed by atoms with van der Waals surface area (Å²) in [7, 11) is 0. The summed E-state index contributed by atoms with van der Waals surface area (Å²) in [4.78, 5) is 35.3. The molecule has 3 amide bonds. The van der Waals surface area contributed by atoms with Gasteiger partial charge in [0.05, 0.1) is 6.04 Å². The van der Waals surface area contributed by atoms with Crippen LogP contribution in [0.3, 0.4) is 0 Å². The minimum Gasteiger partial charge on any atom is -0.355 e. The molecule has 6 heteroatoms. The second kappa shape index (κ2) is 7.10. The summed E-state index contributed by atoms with van der Waals surface area (Å²) in [6, 6.07) is -0.468. The van der Waals surface area contributed by atoms with Gasteiger partial charge in [-0.1, -0.05) is 13.3 Å². The summed E-state index contributed by atoms with van der Waals surface area (Å²) in [5.74, 6) is -0.404. The Morgan fingerprint density at radius 1 is 1.39 bits per heavy atom. The minimum absolute atomic E-state index is 0.117. The van der Waals surface area contributed by atoms with Crippen molar-refractivity contribution in [3.63, 3.8) is 0 Å². The van der Waals surface area contributed by atoms with Crippen LogP contribution in [0, 0.1) is 0 Å². The van der Waals surface area contributed by atoms with Crippen LogP contribution in [0.1, 0.15) is 39.0 Å². The van der Waals surface area contributed by atoms with Crippen molar-refractivity contribution in [2.24, 2.45) is 5.73 Å². The molecular formula is C12H21N3O3. The molecule has 0 spiro atoms. The molecule has 1 aliphatic heterocycles. The van der Waals surface area contributed by atoms with Crippen LogP contribution in [-0.2, 0) is 14.4 Å². The fraction of sp³-hybridized carbons (Fsp3) is 0.750. The predicted octanol–water partition coefficient (Wildman–Crippen LogP) is -0.231. The highest BCUT2D eigenvalue weighted by atomic mass is 16.2. The number of imide groups is 1. The van der Waals surface area contributed by atoms with Crippen molar-refractivity contribution >= 4 is 17.7 Å². The summed E-state index contributed by atoms with van der Waals surface area (Å²) in [6.07, 6.45) is 2.72. The zero-order valence-corrected chi connectivity index (χ0v) is 10.8. The fourth-order valence-corrected chi connectivity index (χ4v) is 1.89. The maximum absolute atomic E-state index is 11.5. The van der Waals surface area contributed by atoms with Crippen molar-refractivity contribution < 1.29 is 14.4 Å². The Morgan fingerprint density at radius 2 is 2.00 bits per heavy atom. The topological polar surface area (TPSA) is 92.5 Å². The summed E-state index contributed by atoms with van der Waals surface area (Å²) in [5, 5.41) is 2.71. The fourth-order valence-electron chi connectivity index (χ4n) is 1.89. The van der Waals surface area contributed by atoms with E-state index in [9.17, 15) is 14.4 Å². The number of carbonyl (C=O) groups excluding carboxylic acids is 3. The van der Waals surface area contributed by atoms with Gasteiger partial charge in [-0.15, -0.1) is 0 Å². The smallest absolute Gasteiger partial charge is 0.236 e. The van der Waals surface area contributed by atoms with Gasteiger partial charge < -0.3 is 11.1 Å². The SMILES string of the molecule is CCCC(N)C(=O)NCCCN1C(=O)CCC1=O. The van der Waals surface area contributed by atoms with Crippen LogP contribution in [0.15, 0.2) is 0 Å². The number of hydrogen-bond acceptors (Lipinski definition) is 4. The predicted molar refractivity (Wildman–Crippen MR) is 66.5 cm³/mol. The highest BCUT2D eigenvalue weighted by Crippen LogP contribution is 2.11. The zero-order valence-electron chi connectivity index (χ0n) is 10.8. The molecule has 1 unspecified atom stereocenters. The highest BCUT2D eigenvalue weighted by Gasteiger charge is 2.27. The average Bonchev–Trinajstić information content (AvgIpc) is 2.65. The van der Waals surface area contributed by atoms with E-state index in [1.807, 2.05) is 6.92 Å². The summed E-state index contributed by atoms with van der Waals surface area (Å²) < 4.78 is 0. The molecule has 0 aromatic heterocycles. The third kappa shape index (κ3) is 4.10. The second-order valence-electron chi connectivity index (χ2n) is 4.48. The number of nitrogens with one attached hydrogen (secondary N) is 1. The van der Waals surface area contributed by atoms with Gasteiger partial charge in [-0.2, -0.15) is 0 Å². The van der Waals surface area contributed by atoms with Crippen LogP contribution in [0.5, 0.6) is 0 Å². The Bertz CT molecular complexity index is 315. The van der Waals surface area contributed by atoms with Crippen molar-refractivity contribution in [1.29, 1.82) is 0 Å². The Balaban J connectivity index is 2.17. The van der Waals surface area contributed by atoms with Gasteiger partial charge in [0.15, 0.2) is 0 Å². The molecule has 0 bridgehead atoms. The first-order valence-electron chi connectivity index (χ1n) is 6.42. The molecule has 0 aromatic rings. The standard InChI is InChI=1S/C12H21N3O3/c1-2-4-9(13)12(18)14-7-3-8-15-10(16)5-6-11(15)17/h9H,2-8,13H2,1H3,(H,14,18). The second-order valence-corrected chi connectivity index (χ2v) is 4.48. The lowest BCUT2D eigenvalue weighted by atomic mass is 10.1. The number of carbonyl (C=O) groups is 3. The lowest BCUT2D eigenvalue weighted by Gasteiger charge is -2.15. The van der Waals surface area contributed by atoms with E-state index in [1.165, 1.54) is 4.90 Å². The Labute approximate surface area is 107 Å². The van der Waals surface area contributed by atoms with Crippen LogP contribution in [0.4, 0.5) is 0 Å². The lowest BCUT2D eigenvalue weighted by Crippen LogP contribution is -2.41. The maximum atomic E-state index is 11.5. The quantitative estimate of drug-likeness (QED) is 0.485. The van der Waals surface area contributed by atoms with E-state index < -0.39 is 6.04 Å². The van der Waals surface area contributed by atoms with E-state index in [4.69, 9.17) is 5.73 Å². The largest absolute Gasteiger partial charge is 0.355 e. The molecular weight excluding hydrogens is 234 g/mol. The van der Waals surface area contributed by atoms with Gasteiger partial charge in [0.25, 0.3) is 0 Å². The first-order valence-corrected chi connectivity index (χ1v) is 6.42. The van der Waals surface area contributed by atoms with Crippen molar-refractivity contribution in [2.45, 2.75) is 45.1 Å². The molecule has 102 valence electrons. The number of hydrogen-bond donors (Lipinski definition) is 2. The van der Waals surface area contributed by atoms with E-state index in [-0.39, 0.29) is 17.7 Å². The Morgan fingerprint density at radius 3 is 2.56 bits per heavy atom. The third-order valence-corrected chi connectivity index (χ3v) is 2.95. The molecule has 0 saturated carbocycles. The van der Waals surface area contributed by atoms with Crippen molar-refractivity contribution in [3.05, 3.63) is 0 Å². The summed E-state index contributed by atoms with van der Waals surface area (Å²) in [6.45, 7) is 2.78. The van der Waals surface area contributed by atoms with Gasteiger partial charge >= 0.3 is 0 Å². The van der Waals surface area contributed by atoms with Crippen molar-refractivity contribution in [3.8, 4) is 0 Å². The summed E-state index contributed by atoms with van der Waals surface area (Å²) >= 11 is 0. The molecule has 0 aromatic carbocycles. The molecule has 1 aliphatic rings. The number of likely N-dealkylation sites (tertiary alicyclic amines) is 1. The van der Waals surface area contributed by atoms with Gasteiger partial charge in [-0.3, -0.25) is 19.3 Å². The van der Waals surface area contributed by atoms with E-state index >= 15 is 0 Å². The van der Waals surface area contributed by atoms with E-state index in [1.54, 1.807) is 0 Å². The molecule has 6 nitrogen and oxygen atoms in total. The number of amides is 3. The first-order chi connectivity index (χ1) is 8.56. The molecule has 1 atom stereocenters. The van der Waals surface area contributed by atoms with Gasteiger partial charge in [0.1, 0.15) is 0 Å². The average molecular weight is 255 g/mol. The van der Waals surface area contributed by atoms with Crippen LogP contribution in [-0.4, -0.2) is 41.8 Å². The van der Waals surface area contributed by atoms with Crippen molar-refractivity contribution in [1.82, 2.24) is 10.2 Å².